The molecule has 1 aromatic heterocycles. The van der Waals surface area contributed by atoms with Gasteiger partial charge in [-0.25, -0.2) is 0 Å². The first kappa shape index (κ1) is 29.7. The van der Waals surface area contributed by atoms with Gasteiger partial charge in [0.1, 0.15) is 11.2 Å². The molecule has 11 aromatic rings. The molecular weight excluding hydrogens is 641 g/mol. The first-order chi connectivity index (χ1) is 26.3. The lowest BCUT2D eigenvalue weighted by molar-refractivity contribution is 0.669. The number of fused-ring (bicyclic) bond motifs is 8. The molecule has 1 heteroatoms. The maximum Gasteiger partial charge on any atom is 0.136 e. The Kier molecular flexibility index (Phi) is 6.62. The van der Waals surface area contributed by atoms with Gasteiger partial charge < -0.3 is 4.42 Å². The molecule has 53 heavy (non-hydrogen) atoms. The minimum Gasteiger partial charge on any atom is -0.456 e. The van der Waals surface area contributed by atoms with Crippen molar-refractivity contribution in [3.05, 3.63) is 194 Å². The van der Waals surface area contributed by atoms with E-state index in [0.717, 1.165) is 27.5 Å². The predicted molar refractivity (Wildman–Crippen MR) is 225 cm³/mol. The van der Waals surface area contributed by atoms with Crippen LogP contribution < -0.4 is 0 Å². The third-order valence-corrected chi connectivity index (χ3v) is 11.1. The van der Waals surface area contributed by atoms with E-state index in [1.807, 2.05) is 0 Å². The Morgan fingerprint density at radius 1 is 0.245 bits per heavy atom. The Bertz CT molecular complexity index is 3160. The Balaban J connectivity index is 1.13. The second kappa shape index (κ2) is 11.8. The molecule has 0 saturated carbocycles. The minimum absolute atomic E-state index is 0.894. The van der Waals surface area contributed by atoms with Gasteiger partial charge in [0.05, 0.1) is 0 Å². The number of hydrogen-bond acceptors (Lipinski definition) is 1. The third-order valence-electron chi connectivity index (χ3n) is 11.1. The van der Waals surface area contributed by atoms with Gasteiger partial charge >= 0.3 is 0 Å². The van der Waals surface area contributed by atoms with Crippen LogP contribution in [-0.2, 0) is 0 Å². The van der Waals surface area contributed by atoms with Gasteiger partial charge in [0, 0.05) is 10.8 Å². The second-order valence-electron chi connectivity index (χ2n) is 14.0. The van der Waals surface area contributed by atoms with Crippen LogP contribution in [0.25, 0.3) is 110 Å². The van der Waals surface area contributed by atoms with Crippen LogP contribution in [-0.4, -0.2) is 0 Å². The van der Waals surface area contributed by atoms with Gasteiger partial charge in [0.25, 0.3) is 0 Å². The van der Waals surface area contributed by atoms with Crippen LogP contribution in [0.3, 0.4) is 0 Å². The summed E-state index contributed by atoms with van der Waals surface area (Å²) in [5.41, 5.74) is 11.5. The van der Waals surface area contributed by atoms with Gasteiger partial charge in [-0.05, 0) is 118 Å². The monoisotopic (exact) mass is 672 g/mol. The van der Waals surface area contributed by atoms with Crippen LogP contribution >= 0.6 is 0 Å². The molecule has 0 aliphatic carbocycles. The molecule has 0 aliphatic heterocycles. The van der Waals surface area contributed by atoms with Crippen molar-refractivity contribution in [2.45, 2.75) is 0 Å². The Hall–Kier alpha value is -6.96. The van der Waals surface area contributed by atoms with E-state index >= 15 is 0 Å². The summed E-state index contributed by atoms with van der Waals surface area (Å²) in [6, 6.07) is 70.4. The minimum atomic E-state index is 0.894. The second-order valence-corrected chi connectivity index (χ2v) is 14.0. The highest BCUT2D eigenvalue weighted by Crippen LogP contribution is 2.47. The van der Waals surface area contributed by atoms with Crippen LogP contribution in [0.15, 0.2) is 199 Å². The maximum atomic E-state index is 6.58. The summed E-state index contributed by atoms with van der Waals surface area (Å²) >= 11 is 0. The highest BCUT2D eigenvalue weighted by molar-refractivity contribution is 6.26. The Morgan fingerprint density at radius 3 is 1.51 bits per heavy atom. The normalized spacial score (nSPS) is 11.8. The number of rotatable bonds is 4. The van der Waals surface area contributed by atoms with Crippen LogP contribution in [0.5, 0.6) is 0 Å². The SMILES string of the molecule is c1ccc(-c2ccccc2-c2ccc3c(c2)oc2ccc(-c4c5ccccc5c(-c5cc6ccccc6c6ccccc56)c5ccccc45)cc23)cc1. The van der Waals surface area contributed by atoms with E-state index in [4.69, 9.17) is 4.42 Å². The third kappa shape index (κ3) is 4.64. The Morgan fingerprint density at radius 2 is 0.792 bits per heavy atom. The lowest BCUT2D eigenvalue weighted by atomic mass is 9.83. The fraction of sp³-hybridized carbons (Fsp3) is 0. The zero-order chi connectivity index (χ0) is 34.9. The summed E-state index contributed by atoms with van der Waals surface area (Å²) in [5, 5.41) is 12.3. The van der Waals surface area contributed by atoms with Crippen molar-refractivity contribution in [1.82, 2.24) is 0 Å². The fourth-order valence-corrected chi connectivity index (χ4v) is 8.70. The summed E-state index contributed by atoms with van der Waals surface area (Å²) in [6.07, 6.45) is 0. The molecule has 246 valence electrons. The van der Waals surface area contributed by atoms with E-state index in [2.05, 4.69) is 194 Å². The number of hydrogen-bond donors (Lipinski definition) is 0. The van der Waals surface area contributed by atoms with E-state index in [1.54, 1.807) is 0 Å². The molecule has 11 rings (SSSR count). The van der Waals surface area contributed by atoms with Crippen molar-refractivity contribution in [3.8, 4) is 44.5 Å². The maximum absolute atomic E-state index is 6.58. The van der Waals surface area contributed by atoms with E-state index in [1.165, 1.54) is 82.0 Å². The van der Waals surface area contributed by atoms with Crippen LogP contribution in [0.1, 0.15) is 0 Å². The smallest absolute Gasteiger partial charge is 0.136 e. The summed E-state index contributed by atoms with van der Waals surface area (Å²) < 4.78 is 6.58. The molecule has 1 heterocycles. The zero-order valence-electron chi connectivity index (χ0n) is 28.9. The van der Waals surface area contributed by atoms with Gasteiger partial charge in [0.15, 0.2) is 0 Å². The Labute approximate surface area is 307 Å². The van der Waals surface area contributed by atoms with Crippen molar-refractivity contribution in [2.75, 3.05) is 0 Å². The fourth-order valence-electron chi connectivity index (χ4n) is 8.70. The topological polar surface area (TPSA) is 13.1 Å². The van der Waals surface area contributed by atoms with Crippen molar-refractivity contribution in [1.29, 1.82) is 0 Å². The average molecular weight is 673 g/mol. The van der Waals surface area contributed by atoms with Gasteiger partial charge in [-0.15, -0.1) is 0 Å². The van der Waals surface area contributed by atoms with Gasteiger partial charge in [-0.2, -0.15) is 0 Å². The molecule has 0 atom stereocenters. The molecule has 10 aromatic carbocycles. The lowest BCUT2D eigenvalue weighted by Crippen LogP contribution is -1.92. The standard InChI is InChI=1S/C52H32O/c1-2-14-33(15-3-1)37-17-6-7-18-38(37)35-26-28-42-47-31-36(27-29-49(47)53-50(42)32-35)51-43-22-10-12-24-45(43)52(46-25-13-11-23-44(46)51)48-30-34-16-4-5-19-39(34)40-20-8-9-21-41(40)48/h1-32H. The highest BCUT2D eigenvalue weighted by Gasteiger charge is 2.20. The van der Waals surface area contributed by atoms with Gasteiger partial charge in [-0.1, -0.05) is 164 Å². The van der Waals surface area contributed by atoms with E-state index in [9.17, 15) is 0 Å². The van der Waals surface area contributed by atoms with Crippen LogP contribution in [0.2, 0.25) is 0 Å². The first-order valence-corrected chi connectivity index (χ1v) is 18.3. The largest absolute Gasteiger partial charge is 0.456 e. The molecule has 0 N–H and O–H groups in total. The first-order valence-electron chi connectivity index (χ1n) is 18.3. The average Bonchev–Trinajstić information content (AvgIpc) is 3.60. The van der Waals surface area contributed by atoms with E-state index < -0.39 is 0 Å². The predicted octanol–water partition coefficient (Wildman–Crippen LogP) is 14.9. The molecule has 1 nitrogen and oxygen atoms in total. The van der Waals surface area contributed by atoms with E-state index in [-0.39, 0.29) is 0 Å². The summed E-state index contributed by atoms with van der Waals surface area (Å²) in [5.74, 6) is 0. The van der Waals surface area contributed by atoms with Crippen molar-refractivity contribution < 1.29 is 4.42 Å². The molecule has 0 radical (unpaired) electrons. The molecular formula is C52H32O. The van der Waals surface area contributed by atoms with Crippen LogP contribution in [0, 0.1) is 0 Å². The highest BCUT2D eigenvalue weighted by atomic mass is 16.3. The van der Waals surface area contributed by atoms with Crippen molar-refractivity contribution in [3.63, 3.8) is 0 Å². The molecule has 0 amide bonds. The molecule has 0 unspecified atom stereocenters. The molecule has 0 saturated heterocycles. The van der Waals surface area contributed by atoms with Crippen molar-refractivity contribution in [2.24, 2.45) is 0 Å². The molecule has 0 bridgehead atoms. The zero-order valence-corrected chi connectivity index (χ0v) is 28.9. The number of benzene rings is 10. The van der Waals surface area contributed by atoms with E-state index in [0.29, 0.717) is 0 Å². The van der Waals surface area contributed by atoms with Crippen molar-refractivity contribution >= 4 is 65.0 Å². The summed E-state index contributed by atoms with van der Waals surface area (Å²) in [6.45, 7) is 0. The molecule has 0 aliphatic rings. The van der Waals surface area contributed by atoms with Gasteiger partial charge in [0.2, 0.25) is 0 Å². The van der Waals surface area contributed by atoms with Gasteiger partial charge in [-0.3, -0.25) is 0 Å². The lowest BCUT2D eigenvalue weighted by Gasteiger charge is -2.19. The molecule has 0 spiro atoms. The van der Waals surface area contributed by atoms with Crippen LogP contribution in [0.4, 0.5) is 0 Å². The number of furan rings is 1. The summed E-state index contributed by atoms with van der Waals surface area (Å²) in [7, 11) is 0. The molecule has 0 fully saturated rings. The quantitative estimate of drug-likeness (QED) is 0.134. The summed E-state index contributed by atoms with van der Waals surface area (Å²) in [4.78, 5) is 0.